The van der Waals surface area contributed by atoms with Gasteiger partial charge in [-0.25, -0.2) is 9.59 Å². The molecule has 3 aromatic rings. The fourth-order valence-electron chi connectivity index (χ4n) is 4.32. The Morgan fingerprint density at radius 1 is 1.03 bits per heavy atom. The molecule has 168 valence electrons. The number of benzene rings is 3. The summed E-state index contributed by atoms with van der Waals surface area (Å²) in [7, 11) is 0. The smallest absolute Gasteiger partial charge is 0.407 e. The summed E-state index contributed by atoms with van der Waals surface area (Å²) in [6, 6.07) is 18.0. The number of nitrogens with one attached hydrogen (secondary N) is 1. The zero-order valence-corrected chi connectivity index (χ0v) is 18.2. The van der Waals surface area contributed by atoms with Crippen LogP contribution in [0.5, 0.6) is 11.5 Å². The number of fused-ring (bicyclic) bond motifs is 4. The number of alkyl carbamates (subject to hydrolysis) is 1. The van der Waals surface area contributed by atoms with Crippen molar-refractivity contribution >= 4 is 23.7 Å². The summed E-state index contributed by atoms with van der Waals surface area (Å²) < 4.78 is 16.1. The van der Waals surface area contributed by atoms with E-state index in [1.807, 2.05) is 48.5 Å². The number of aliphatic carboxylic acids is 1. The molecule has 8 heteroatoms. The van der Waals surface area contributed by atoms with Crippen LogP contribution in [0.15, 0.2) is 60.7 Å². The van der Waals surface area contributed by atoms with Crippen LogP contribution < -0.4 is 14.8 Å². The molecule has 5 rings (SSSR count). The average Bonchev–Trinajstić information content (AvgIpc) is 3.39. The van der Waals surface area contributed by atoms with Gasteiger partial charge in [0.15, 0.2) is 11.5 Å². The first kappa shape index (κ1) is 21.2. The number of carboxylic acid groups (broad SMARTS) is 1. The zero-order chi connectivity index (χ0) is 22.9. The van der Waals surface area contributed by atoms with Crippen molar-refractivity contribution in [2.24, 2.45) is 0 Å². The van der Waals surface area contributed by atoms with Crippen molar-refractivity contribution in [1.29, 1.82) is 0 Å². The lowest BCUT2D eigenvalue weighted by atomic mass is 9.98. The van der Waals surface area contributed by atoms with Crippen molar-refractivity contribution in [3.05, 3.63) is 82.4 Å². The monoisotopic (exact) mass is 465 g/mol. The first-order chi connectivity index (χ1) is 16.0. The molecule has 3 aromatic carbocycles. The van der Waals surface area contributed by atoms with Gasteiger partial charge in [-0.05, 0) is 33.9 Å². The Kier molecular flexibility index (Phi) is 5.56. The molecule has 1 unspecified atom stereocenters. The highest BCUT2D eigenvalue weighted by atomic mass is 35.5. The fraction of sp³-hybridized carbons (Fsp3) is 0.200. The molecule has 0 aromatic heterocycles. The van der Waals surface area contributed by atoms with E-state index < -0.39 is 18.1 Å². The molecular weight excluding hydrogens is 446 g/mol. The van der Waals surface area contributed by atoms with Crippen molar-refractivity contribution in [2.45, 2.75) is 18.4 Å². The third kappa shape index (κ3) is 4.07. The second-order valence-electron chi connectivity index (χ2n) is 7.86. The number of ether oxygens (including phenoxy) is 3. The minimum Gasteiger partial charge on any atom is -0.480 e. The SMILES string of the molecule is O=C(NC(Cc1cc2c(cc1Cl)OCO2)C(=O)O)OCC1c2ccccc2-c2ccccc21. The second kappa shape index (κ2) is 8.67. The van der Waals surface area contributed by atoms with Gasteiger partial charge in [0.1, 0.15) is 12.6 Å². The lowest BCUT2D eigenvalue weighted by Crippen LogP contribution is -2.43. The highest BCUT2D eigenvalue weighted by Crippen LogP contribution is 2.44. The van der Waals surface area contributed by atoms with E-state index in [-0.39, 0.29) is 25.7 Å². The maximum Gasteiger partial charge on any atom is 0.407 e. The molecule has 0 spiro atoms. The van der Waals surface area contributed by atoms with Crippen LogP contribution in [0, 0.1) is 0 Å². The van der Waals surface area contributed by atoms with Crippen LogP contribution >= 0.6 is 11.6 Å². The van der Waals surface area contributed by atoms with Crippen LogP contribution in [0.1, 0.15) is 22.6 Å². The summed E-state index contributed by atoms with van der Waals surface area (Å²) in [5.74, 6) is -0.327. The summed E-state index contributed by atoms with van der Waals surface area (Å²) >= 11 is 6.26. The van der Waals surface area contributed by atoms with Crippen LogP contribution in [-0.2, 0) is 16.0 Å². The summed E-state index contributed by atoms with van der Waals surface area (Å²) in [6.07, 6.45) is -0.837. The Labute approximate surface area is 194 Å². The molecule has 7 nitrogen and oxygen atoms in total. The van der Waals surface area contributed by atoms with Gasteiger partial charge in [-0.15, -0.1) is 0 Å². The normalized spacial score (nSPS) is 14.3. The van der Waals surface area contributed by atoms with E-state index in [0.717, 1.165) is 22.3 Å². The molecule has 2 N–H and O–H groups in total. The van der Waals surface area contributed by atoms with Gasteiger partial charge in [-0.3, -0.25) is 0 Å². The molecule has 33 heavy (non-hydrogen) atoms. The van der Waals surface area contributed by atoms with Gasteiger partial charge in [-0.2, -0.15) is 0 Å². The maximum absolute atomic E-state index is 12.5. The largest absolute Gasteiger partial charge is 0.480 e. The van der Waals surface area contributed by atoms with E-state index in [9.17, 15) is 14.7 Å². The number of hydrogen-bond donors (Lipinski definition) is 2. The van der Waals surface area contributed by atoms with Gasteiger partial charge in [0.25, 0.3) is 0 Å². The lowest BCUT2D eigenvalue weighted by Gasteiger charge is -2.18. The molecule has 0 saturated carbocycles. The van der Waals surface area contributed by atoms with E-state index in [2.05, 4.69) is 5.32 Å². The number of rotatable bonds is 6. The Morgan fingerprint density at radius 2 is 1.64 bits per heavy atom. The lowest BCUT2D eigenvalue weighted by molar-refractivity contribution is -0.139. The summed E-state index contributed by atoms with van der Waals surface area (Å²) in [5, 5.41) is 12.4. The van der Waals surface area contributed by atoms with Crippen LogP contribution in [0.25, 0.3) is 11.1 Å². The van der Waals surface area contributed by atoms with Crippen LogP contribution in [0.4, 0.5) is 4.79 Å². The molecule has 0 saturated heterocycles. The van der Waals surface area contributed by atoms with Crippen molar-refractivity contribution in [1.82, 2.24) is 5.32 Å². The maximum atomic E-state index is 12.5. The Hall–Kier alpha value is -3.71. The van der Waals surface area contributed by atoms with E-state index in [1.165, 1.54) is 0 Å². The molecule has 0 fully saturated rings. The molecule has 1 aliphatic heterocycles. The van der Waals surface area contributed by atoms with Crippen molar-refractivity contribution in [3.63, 3.8) is 0 Å². The quantitative estimate of drug-likeness (QED) is 0.552. The van der Waals surface area contributed by atoms with E-state index in [1.54, 1.807) is 12.1 Å². The molecule has 1 amide bonds. The number of amides is 1. The van der Waals surface area contributed by atoms with Crippen LogP contribution in [0.2, 0.25) is 5.02 Å². The number of halogens is 1. The minimum atomic E-state index is -1.22. The Morgan fingerprint density at radius 3 is 2.27 bits per heavy atom. The average molecular weight is 466 g/mol. The van der Waals surface area contributed by atoms with Crippen molar-refractivity contribution in [2.75, 3.05) is 13.4 Å². The van der Waals surface area contributed by atoms with E-state index >= 15 is 0 Å². The molecule has 1 heterocycles. The van der Waals surface area contributed by atoms with Gasteiger partial charge >= 0.3 is 12.1 Å². The Bertz CT molecular complexity index is 1200. The molecule has 1 atom stereocenters. The van der Waals surface area contributed by atoms with Crippen molar-refractivity contribution < 1.29 is 28.9 Å². The topological polar surface area (TPSA) is 94.1 Å². The van der Waals surface area contributed by atoms with Gasteiger partial charge in [-0.1, -0.05) is 60.1 Å². The third-order valence-corrected chi connectivity index (χ3v) is 6.25. The predicted octanol–water partition coefficient (Wildman–Crippen LogP) is 4.60. The van der Waals surface area contributed by atoms with Gasteiger partial charge in [0, 0.05) is 23.4 Å². The standard InChI is InChI=1S/C25H20ClNO6/c26-20-11-23-22(32-13-33-23)10-14(20)9-21(24(28)29)27-25(30)31-12-19-17-7-3-1-5-15(17)16-6-2-4-8-18(16)19/h1-8,10-11,19,21H,9,12-13H2,(H,27,30)(H,28,29). The number of carbonyl (C=O) groups excluding carboxylic acids is 1. The summed E-state index contributed by atoms with van der Waals surface area (Å²) in [5.41, 5.74) is 4.90. The predicted molar refractivity (Wildman–Crippen MR) is 121 cm³/mol. The first-order valence-corrected chi connectivity index (χ1v) is 10.8. The number of carboxylic acids is 1. The van der Waals surface area contributed by atoms with Crippen LogP contribution in [-0.4, -0.2) is 36.6 Å². The van der Waals surface area contributed by atoms with E-state index in [4.69, 9.17) is 25.8 Å². The van der Waals surface area contributed by atoms with Gasteiger partial charge in [0.05, 0.1) is 0 Å². The molecular formula is C25H20ClNO6. The molecule has 0 radical (unpaired) electrons. The number of hydrogen-bond acceptors (Lipinski definition) is 5. The molecule has 0 bridgehead atoms. The highest BCUT2D eigenvalue weighted by molar-refractivity contribution is 6.31. The summed E-state index contributed by atoms with van der Waals surface area (Å²) in [4.78, 5) is 24.3. The summed E-state index contributed by atoms with van der Waals surface area (Å²) in [6.45, 7) is 0.173. The number of carbonyl (C=O) groups is 2. The van der Waals surface area contributed by atoms with E-state index in [0.29, 0.717) is 22.1 Å². The van der Waals surface area contributed by atoms with Gasteiger partial charge < -0.3 is 24.6 Å². The highest BCUT2D eigenvalue weighted by Gasteiger charge is 2.30. The third-order valence-electron chi connectivity index (χ3n) is 5.90. The molecule has 1 aliphatic carbocycles. The second-order valence-corrected chi connectivity index (χ2v) is 8.27. The minimum absolute atomic E-state index is 0.0327. The van der Waals surface area contributed by atoms with Crippen LogP contribution in [0.3, 0.4) is 0 Å². The van der Waals surface area contributed by atoms with Crippen molar-refractivity contribution in [3.8, 4) is 22.6 Å². The molecule has 2 aliphatic rings. The fourth-order valence-corrected chi connectivity index (χ4v) is 4.55. The first-order valence-electron chi connectivity index (χ1n) is 10.4. The Balaban J connectivity index is 1.27. The van der Waals surface area contributed by atoms with Gasteiger partial charge in [0.2, 0.25) is 6.79 Å². The zero-order valence-electron chi connectivity index (χ0n) is 17.4.